The number of hydrogen-bond donors (Lipinski definition) is 1. The fourth-order valence-corrected chi connectivity index (χ4v) is 2.61. The number of cyclic esters (lactones) is 1. The Kier molecular flexibility index (Phi) is 3.64. The molecule has 2 aliphatic rings. The predicted molar refractivity (Wildman–Crippen MR) is 72.1 cm³/mol. The summed E-state index contributed by atoms with van der Waals surface area (Å²) < 4.78 is 18.0. The number of piperazine rings is 1. The van der Waals surface area contributed by atoms with Gasteiger partial charge in [0.15, 0.2) is 0 Å². The number of nitrogens with zero attached hydrogens (tertiary/aromatic N) is 2. The number of nitrogens with one attached hydrogen (secondary N) is 1. The molecule has 0 aromatic heterocycles. The van der Waals surface area contributed by atoms with Crippen molar-refractivity contribution < 1.29 is 18.7 Å². The fraction of sp³-hybridized carbons (Fsp3) is 0.429. The van der Waals surface area contributed by atoms with E-state index in [-0.39, 0.29) is 30.5 Å². The quantitative estimate of drug-likeness (QED) is 0.890. The molecule has 2 aliphatic heterocycles. The van der Waals surface area contributed by atoms with Gasteiger partial charge in [-0.3, -0.25) is 4.90 Å². The highest BCUT2D eigenvalue weighted by atomic mass is 19.1. The first-order valence-corrected chi connectivity index (χ1v) is 6.84. The van der Waals surface area contributed by atoms with Gasteiger partial charge in [-0.25, -0.2) is 14.0 Å². The molecule has 1 aromatic carbocycles. The molecule has 0 unspecified atom stereocenters. The van der Waals surface area contributed by atoms with Crippen LogP contribution in [0.4, 0.5) is 14.0 Å². The van der Waals surface area contributed by atoms with E-state index in [1.54, 1.807) is 21.9 Å². The third-order valence-electron chi connectivity index (χ3n) is 3.74. The van der Waals surface area contributed by atoms with Crippen LogP contribution in [-0.2, 0) is 11.3 Å². The third kappa shape index (κ3) is 2.91. The molecule has 1 atom stereocenters. The highest BCUT2D eigenvalue weighted by molar-refractivity contribution is 5.75. The summed E-state index contributed by atoms with van der Waals surface area (Å²) >= 11 is 0. The van der Waals surface area contributed by atoms with Gasteiger partial charge in [-0.05, 0) is 17.7 Å². The number of ether oxygens (including phenoxy) is 1. The maximum atomic E-state index is 13.1. The van der Waals surface area contributed by atoms with Crippen molar-refractivity contribution in [2.45, 2.75) is 12.6 Å². The van der Waals surface area contributed by atoms with Crippen molar-refractivity contribution >= 4 is 12.1 Å². The third-order valence-corrected chi connectivity index (χ3v) is 3.74. The average molecular weight is 293 g/mol. The lowest BCUT2D eigenvalue weighted by Crippen LogP contribution is -2.55. The van der Waals surface area contributed by atoms with Gasteiger partial charge in [0.2, 0.25) is 0 Å². The van der Waals surface area contributed by atoms with Gasteiger partial charge in [0.1, 0.15) is 12.4 Å². The molecule has 0 aliphatic carbocycles. The number of carbonyl (C=O) groups excluding carboxylic acids is 2. The van der Waals surface area contributed by atoms with Crippen molar-refractivity contribution in [2.24, 2.45) is 0 Å². The summed E-state index contributed by atoms with van der Waals surface area (Å²) in [6.07, 6.45) is -0.306. The normalized spacial score (nSPS) is 21.0. The van der Waals surface area contributed by atoms with Gasteiger partial charge in [0.05, 0.1) is 6.04 Å². The Bertz CT molecular complexity index is 566. The predicted octanol–water partition coefficient (Wildman–Crippen LogP) is 1.17. The summed E-state index contributed by atoms with van der Waals surface area (Å²) in [5.41, 5.74) is 0.710. The smallest absolute Gasteiger partial charge is 0.410 e. The van der Waals surface area contributed by atoms with Gasteiger partial charge in [0.25, 0.3) is 0 Å². The van der Waals surface area contributed by atoms with E-state index in [9.17, 15) is 14.0 Å². The van der Waals surface area contributed by atoms with E-state index in [2.05, 4.69) is 5.32 Å². The first kappa shape index (κ1) is 13.7. The number of halogens is 1. The number of fused-ring (bicyclic) bond motifs is 1. The molecular formula is C14H16FN3O3. The summed E-state index contributed by atoms with van der Waals surface area (Å²) in [7, 11) is 0. The SMILES string of the molecule is O=C(NCc1cccc(F)c1)N1CCN2C(=O)OC[C@H]2C1. The molecular weight excluding hydrogens is 277 g/mol. The number of hydrogen-bond acceptors (Lipinski definition) is 3. The molecule has 3 amide bonds. The Hall–Kier alpha value is -2.31. The molecule has 1 aromatic rings. The molecule has 0 saturated carbocycles. The minimum atomic E-state index is -0.322. The minimum Gasteiger partial charge on any atom is -0.447 e. The fourth-order valence-electron chi connectivity index (χ4n) is 2.61. The van der Waals surface area contributed by atoms with Crippen molar-refractivity contribution in [1.82, 2.24) is 15.1 Å². The van der Waals surface area contributed by atoms with Crippen LogP contribution < -0.4 is 5.32 Å². The van der Waals surface area contributed by atoms with E-state index >= 15 is 0 Å². The zero-order valence-electron chi connectivity index (χ0n) is 11.4. The lowest BCUT2D eigenvalue weighted by atomic mass is 10.2. The van der Waals surface area contributed by atoms with Crippen LogP contribution in [0.15, 0.2) is 24.3 Å². The average Bonchev–Trinajstić information content (AvgIpc) is 2.86. The molecule has 2 fully saturated rings. The topological polar surface area (TPSA) is 61.9 Å². The van der Waals surface area contributed by atoms with Gasteiger partial charge in [-0.2, -0.15) is 0 Å². The van der Waals surface area contributed by atoms with E-state index < -0.39 is 0 Å². The minimum absolute atomic E-state index is 0.0637. The van der Waals surface area contributed by atoms with E-state index in [4.69, 9.17) is 4.74 Å². The van der Waals surface area contributed by atoms with Crippen LogP contribution >= 0.6 is 0 Å². The van der Waals surface area contributed by atoms with Gasteiger partial charge in [0, 0.05) is 26.2 Å². The van der Waals surface area contributed by atoms with Crippen molar-refractivity contribution in [3.8, 4) is 0 Å². The van der Waals surface area contributed by atoms with Gasteiger partial charge in [-0.15, -0.1) is 0 Å². The van der Waals surface area contributed by atoms with Crippen LogP contribution in [0.1, 0.15) is 5.56 Å². The molecule has 21 heavy (non-hydrogen) atoms. The van der Waals surface area contributed by atoms with Crippen molar-refractivity contribution in [1.29, 1.82) is 0 Å². The van der Waals surface area contributed by atoms with Crippen LogP contribution in [0.25, 0.3) is 0 Å². The zero-order valence-corrected chi connectivity index (χ0v) is 11.4. The Labute approximate surface area is 121 Å². The van der Waals surface area contributed by atoms with Crippen molar-refractivity contribution in [3.63, 3.8) is 0 Å². The molecule has 2 saturated heterocycles. The summed E-state index contributed by atoms with van der Waals surface area (Å²) in [5.74, 6) is -0.322. The number of rotatable bonds is 2. The van der Waals surface area contributed by atoms with Crippen LogP contribution in [-0.4, -0.2) is 54.2 Å². The molecule has 7 heteroatoms. The monoisotopic (exact) mass is 293 g/mol. The Balaban J connectivity index is 1.53. The summed E-state index contributed by atoms with van der Waals surface area (Å²) in [6.45, 7) is 2.02. The second kappa shape index (κ2) is 5.59. The number of carbonyl (C=O) groups is 2. The Morgan fingerprint density at radius 1 is 1.43 bits per heavy atom. The van der Waals surface area contributed by atoms with E-state index in [1.807, 2.05) is 0 Å². The molecule has 0 spiro atoms. The second-order valence-electron chi connectivity index (χ2n) is 5.16. The molecule has 1 N–H and O–H groups in total. The first-order chi connectivity index (χ1) is 10.1. The second-order valence-corrected chi connectivity index (χ2v) is 5.16. The largest absolute Gasteiger partial charge is 0.447 e. The Morgan fingerprint density at radius 2 is 2.29 bits per heavy atom. The molecule has 2 heterocycles. The summed E-state index contributed by atoms with van der Waals surface area (Å²) in [4.78, 5) is 26.8. The maximum absolute atomic E-state index is 13.1. The summed E-state index contributed by atoms with van der Waals surface area (Å²) in [5, 5.41) is 2.76. The van der Waals surface area contributed by atoms with Crippen LogP contribution in [0.3, 0.4) is 0 Å². The lowest BCUT2D eigenvalue weighted by molar-refractivity contribution is 0.127. The zero-order chi connectivity index (χ0) is 14.8. The number of amides is 3. The number of benzene rings is 1. The van der Waals surface area contributed by atoms with E-state index in [1.165, 1.54) is 12.1 Å². The lowest BCUT2D eigenvalue weighted by Gasteiger charge is -2.35. The van der Waals surface area contributed by atoms with Crippen LogP contribution in [0.2, 0.25) is 0 Å². The first-order valence-electron chi connectivity index (χ1n) is 6.84. The molecule has 6 nitrogen and oxygen atoms in total. The van der Waals surface area contributed by atoms with Gasteiger partial charge < -0.3 is 15.0 Å². The molecule has 112 valence electrons. The number of urea groups is 1. The van der Waals surface area contributed by atoms with Crippen molar-refractivity contribution in [3.05, 3.63) is 35.6 Å². The standard InChI is InChI=1S/C14H16FN3O3/c15-11-3-1-2-10(6-11)7-16-13(19)17-4-5-18-12(8-17)9-21-14(18)20/h1-3,6,12H,4-5,7-9H2,(H,16,19)/t12-/m1/s1. The van der Waals surface area contributed by atoms with Gasteiger partial charge >= 0.3 is 12.1 Å². The van der Waals surface area contributed by atoms with E-state index in [0.717, 1.165) is 0 Å². The molecule has 0 bridgehead atoms. The van der Waals surface area contributed by atoms with Crippen LogP contribution in [0.5, 0.6) is 0 Å². The van der Waals surface area contributed by atoms with E-state index in [0.29, 0.717) is 31.8 Å². The molecule has 0 radical (unpaired) electrons. The summed E-state index contributed by atoms with van der Waals surface area (Å²) in [6, 6.07) is 5.84. The molecule has 3 rings (SSSR count). The maximum Gasteiger partial charge on any atom is 0.410 e. The van der Waals surface area contributed by atoms with Crippen LogP contribution in [0, 0.1) is 5.82 Å². The Morgan fingerprint density at radius 3 is 3.10 bits per heavy atom. The van der Waals surface area contributed by atoms with Gasteiger partial charge in [-0.1, -0.05) is 12.1 Å². The highest BCUT2D eigenvalue weighted by Gasteiger charge is 2.38. The van der Waals surface area contributed by atoms with Crippen molar-refractivity contribution in [2.75, 3.05) is 26.2 Å². The highest BCUT2D eigenvalue weighted by Crippen LogP contribution is 2.17.